The van der Waals surface area contributed by atoms with Crippen molar-refractivity contribution < 1.29 is 4.79 Å². The lowest BCUT2D eigenvalue weighted by Gasteiger charge is -2.31. The second-order valence-electron chi connectivity index (χ2n) is 4.10. The highest BCUT2D eigenvalue weighted by Crippen LogP contribution is 2.37. The van der Waals surface area contributed by atoms with Gasteiger partial charge in [0.25, 0.3) is 0 Å². The van der Waals surface area contributed by atoms with Gasteiger partial charge in [0.15, 0.2) is 0 Å². The van der Waals surface area contributed by atoms with Gasteiger partial charge in [-0.05, 0) is 31.5 Å². The molecule has 1 heterocycles. The second kappa shape index (κ2) is 5.35. The number of nitrogens with one attached hydrogen (secondary N) is 1. The van der Waals surface area contributed by atoms with Crippen molar-refractivity contribution in [3.8, 4) is 0 Å². The molecule has 2 amide bonds. The largest absolute Gasteiger partial charge is 0.338 e. The van der Waals surface area contributed by atoms with Crippen molar-refractivity contribution >= 4 is 23.3 Å². The Labute approximate surface area is 110 Å². The first-order valence-corrected chi connectivity index (χ1v) is 6.22. The first-order valence-electron chi connectivity index (χ1n) is 5.84. The van der Waals surface area contributed by atoms with Crippen molar-refractivity contribution in [3.05, 3.63) is 33.7 Å². The predicted octanol–water partition coefficient (Wildman–Crippen LogP) is 3.09. The number of urea groups is 1. The number of benzene rings is 1. The summed E-state index contributed by atoms with van der Waals surface area (Å²) in [5.74, 6) is 0. The molecule has 5 nitrogen and oxygen atoms in total. The van der Waals surface area contributed by atoms with Crippen molar-refractivity contribution in [1.29, 1.82) is 0 Å². The van der Waals surface area contributed by atoms with E-state index in [1.165, 1.54) is 0 Å². The van der Waals surface area contributed by atoms with E-state index in [2.05, 4.69) is 10.5 Å². The number of carbonyl (C=O) groups is 1. The number of hydrogen-bond acceptors (Lipinski definition) is 3. The number of carbonyl (C=O) groups excluding carboxylic acids is 1. The monoisotopic (exact) mass is 267 g/mol. The molecule has 0 radical (unpaired) electrons. The van der Waals surface area contributed by atoms with Crippen LogP contribution in [0.5, 0.6) is 0 Å². The first-order chi connectivity index (χ1) is 8.67. The minimum absolute atomic E-state index is 0.162. The zero-order chi connectivity index (χ0) is 13.1. The molecule has 1 aromatic rings. The van der Waals surface area contributed by atoms with Crippen LogP contribution in [0.1, 0.15) is 24.9 Å². The van der Waals surface area contributed by atoms with Gasteiger partial charge in [-0.1, -0.05) is 16.8 Å². The van der Waals surface area contributed by atoms with Gasteiger partial charge >= 0.3 is 6.03 Å². The van der Waals surface area contributed by atoms with Crippen molar-refractivity contribution in [3.63, 3.8) is 0 Å². The lowest BCUT2D eigenvalue weighted by atomic mass is 9.97. The van der Waals surface area contributed by atoms with Crippen LogP contribution >= 0.6 is 11.6 Å². The fraction of sp³-hybridized carbons (Fsp3) is 0.417. The number of hydrogen-bond donors (Lipinski definition) is 1. The Morgan fingerprint density at radius 1 is 1.61 bits per heavy atom. The number of halogens is 1. The third kappa shape index (κ3) is 2.31. The van der Waals surface area contributed by atoms with Gasteiger partial charge in [-0.15, -0.1) is 0 Å². The molecule has 2 rings (SSSR count). The van der Waals surface area contributed by atoms with E-state index >= 15 is 0 Å². The number of rotatable bonds is 2. The van der Waals surface area contributed by atoms with E-state index < -0.39 is 6.04 Å². The molecule has 0 saturated carbocycles. The SMILES string of the molecule is CCNC(=O)N1CCC(N=O)c2cc(Cl)ccc21. The number of amides is 2. The van der Waals surface area contributed by atoms with Crippen LogP contribution in [0.4, 0.5) is 10.5 Å². The topological polar surface area (TPSA) is 61.8 Å². The molecule has 1 unspecified atom stereocenters. The molecule has 1 N–H and O–H groups in total. The van der Waals surface area contributed by atoms with Crippen LogP contribution in [0.25, 0.3) is 0 Å². The maximum absolute atomic E-state index is 11.9. The van der Waals surface area contributed by atoms with Gasteiger partial charge in [-0.2, -0.15) is 4.91 Å². The summed E-state index contributed by atoms with van der Waals surface area (Å²) < 4.78 is 0. The predicted molar refractivity (Wildman–Crippen MR) is 71.0 cm³/mol. The van der Waals surface area contributed by atoms with Crippen LogP contribution < -0.4 is 10.2 Å². The van der Waals surface area contributed by atoms with E-state index in [0.717, 1.165) is 5.56 Å². The summed E-state index contributed by atoms with van der Waals surface area (Å²) in [7, 11) is 0. The number of anilines is 1. The molecule has 1 atom stereocenters. The minimum Gasteiger partial charge on any atom is -0.338 e. The maximum Gasteiger partial charge on any atom is 0.321 e. The Bertz CT molecular complexity index is 478. The summed E-state index contributed by atoms with van der Waals surface area (Å²) in [5, 5.41) is 6.39. The summed E-state index contributed by atoms with van der Waals surface area (Å²) in [6.45, 7) is 2.91. The van der Waals surface area contributed by atoms with Gasteiger partial charge in [0.2, 0.25) is 0 Å². The van der Waals surface area contributed by atoms with Gasteiger partial charge in [-0.25, -0.2) is 4.79 Å². The Hall–Kier alpha value is -1.62. The molecule has 6 heteroatoms. The highest BCUT2D eigenvalue weighted by atomic mass is 35.5. The molecule has 1 aliphatic heterocycles. The van der Waals surface area contributed by atoms with E-state index in [4.69, 9.17) is 11.6 Å². The summed E-state index contributed by atoms with van der Waals surface area (Å²) in [6, 6.07) is 4.58. The molecule has 0 aliphatic carbocycles. The highest BCUT2D eigenvalue weighted by molar-refractivity contribution is 6.30. The van der Waals surface area contributed by atoms with Crippen LogP contribution in [0, 0.1) is 4.91 Å². The van der Waals surface area contributed by atoms with Gasteiger partial charge < -0.3 is 5.32 Å². The van der Waals surface area contributed by atoms with Crippen LogP contribution in [0.2, 0.25) is 5.02 Å². The van der Waals surface area contributed by atoms with Crippen LogP contribution in [-0.4, -0.2) is 19.1 Å². The van der Waals surface area contributed by atoms with Crippen molar-refractivity contribution in [2.75, 3.05) is 18.0 Å². The molecule has 0 saturated heterocycles. The smallest absolute Gasteiger partial charge is 0.321 e. The van der Waals surface area contributed by atoms with E-state index in [9.17, 15) is 9.70 Å². The van der Waals surface area contributed by atoms with Crippen LogP contribution in [-0.2, 0) is 0 Å². The van der Waals surface area contributed by atoms with E-state index in [0.29, 0.717) is 30.2 Å². The summed E-state index contributed by atoms with van der Waals surface area (Å²) >= 11 is 5.92. The normalized spacial score (nSPS) is 18.1. The van der Waals surface area contributed by atoms with Gasteiger partial charge in [0, 0.05) is 23.7 Å². The molecule has 0 spiro atoms. The van der Waals surface area contributed by atoms with E-state index in [1.807, 2.05) is 6.92 Å². The average molecular weight is 268 g/mol. The number of nitroso groups, excluding NO2 is 1. The van der Waals surface area contributed by atoms with Gasteiger partial charge in [0.05, 0.1) is 5.69 Å². The molecule has 0 bridgehead atoms. The standard InChI is InChI=1S/C12H14ClN3O2/c1-2-14-12(17)16-6-5-10(15-18)9-7-8(13)3-4-11(9)16/h3-4,7,10H,2,5-6H2,1H3,(H,14,17). The van der Waals surface area contributed by atoms with E-state index in [-0.39, 0.29) is 6.03 Å². The number of nitrogens with zero attached hydrogens (tertiary/aromatic N) is 2. The third-order valence-corrected chi connectivity index (χ3v) is 3.20. The lowest BCUT2D eigenvalue weighted by molar-refractivity contribution is 0.246. The molecule has 96 valence electrons. The minimum atomic E-state index is -0.427. The Morgan fingerprint density at radius 3 is 3.06 bits per heavy atom. The second-order valence-corrected chi connectivity index (χ2v) is 4.54. The molecular formula is C12H14ClN3O2. The van der Waals surface area contributed by atoms with Crippen LogP contribution in [0.15, 0.2) is 23.4 Å². The zero-order valence-corrected chi connectivity index (χ0v) is 10.8. The average Bonchev–Trinajstić information content (AvgIpc) is 2.37. The van der Waals surface area contributed by atoms with Gasteiger partial charge in [0.1, 0.15) is 6.04 Å². The Kier molecular flexibility index (Phi) is 3.81. The summed E-state index contributed by atoms with van der Waals surface area (Å²) in [4.78, 5) is 24.4. The van der Waals surface area contributed by atoms with Crippen molar-refractivity contribution in [1.82, 2.24) is 5.32 Å². The molecule has 1 aliphatic rings. The highest BCUT2D eigenvalue weighted by Gasteiger charge is 2.29. The van der Waals surface area contributed by atoms with E-state index in [1.54, 1.807) is 23.1 Å². The summed E-state index contributed by atoms with van der Waals surface area (Å²) in [5.41, 5.74) is 1.43. The molecule has 0 aromatic heterocycles. The van der Waals surface area contributed by atoms with Gasteiger partial charge in [-0.3, -0.25) is 4.90 Å². The summed E-state index contributed by atoms with van der Waals surface area (Å²) in [6.07, 6.45) is 0.522. The Balaban J connectivity index is 2.39. The van der Waals surface area contributed by atoms with Crippen molar-refractivity contribution in [2.24, 2.45) is 5.18 Å². The first kappa shape index (κ1) is 12.8. The lowest BCUT2D eigenvalue weighted by Crippen LogP contribution is -2.43. The fourth-order valence-corrected chi connectivity index (χ4v) is 2.31. The zero-order valence-electron chi connectivity index (χ0n) is 10.0. The maximum atomic E-state index is 11.9. The van der Waals surface area contributed by atoms with Crippen molar-refractivity contribution in [2.45, 2.75) is 19.4 Å². The molecule has 1 aromatic carbocycles. The molecule has 0 fully saturated rings. The fourth-order valence-electron chi connectivity index (χ4n) is 2.13. The number of fused-ring (bicyclic) bond motifs is 1. The third-order valence-electron chi connectivity index (χ3n) is 2.97. The van der Waals surface area contributed by atoms with Crippen LogP contribution in [0.3, 0.4) is 0 Å². The molecular weight excluding hydrogens is 254 g/mol. The Morgan fingerprint density at radius 2 is 2.39 bits per heavy atom. The molecule has 18 heavy (non-hydrogen) atoms. The quantitative estimate of drug-likeness (QED) is 0.837.